The van der Waals surface area contributed by atoms with Gasteiger partial charge in [-0.15, -0.1) is 0 Å². The first-order valence-corrected chi connectivity index (χ1v) is 10.1. The predicted octanol–water partition coefficient (Wildman–Crippen LogP) is 4.48. The number of nitrogens with zero attached hydrogens (tertiary/aromatic N) is 1. The first-order valence-electron chi connectivity index (χ1n) is 9.77. The molecule has 2 aromatic carbocycles. The molecule has 7 nitrogen and oxygen atoms in total. The average Bonchev–Trinajstić information content (AvgIpc) is 3.30. The monoisotopic (exact) mass is 440 g/mol. The standard InChI is InChI=1S/C23H21ClN2O5/c1-29-23(28)16-4-7-19(26-10-12-30-13-11-26)18(14-16)25-22(27)21-9-8-20(31-21)15-2-5-17(24)6-3-15/h2-9,14H,10-13H2,1H3,(H,25,27). The number of carbonyl (C=O) groups excluding carboxylic acids is 2. The summed E-state index contributed by atoms with van der Waals surface area (Å²) in [6, 6.07) is 15.6. The number of furan rings is 1. The summed E-state index contributed by atoms with van der Waals surface area (Å²) in [5.74, 6) is -0.191. The molecule has 31 heavy (non-hydrogen) atoms. The Hall–Kier alpha value is -3.29. The predicted molar refractivity (Wildman–Crippen MR) is 118 cm³/mol. The lowest BCUT2D eigenvalue weighted by Gasteiger charge is -2.30. The molecule has 0 bridgehead atoms. The Morgan fingerprint density at radius 2 is 1.77 bits per heavy atom. The van der Waals surface area contributed by atoms with Crippen molar-refractivity contribution in [2.45, 2.75) is 0 Å². The minimum atomic E-state index is -0.480. The van der Waals surface area contributed by atoms with Crippen LogP contribution in [0.3, 0.4) is 0 Å². The van der Waals surface area contributed by atoms with Gasteiger partial charge in [0.1, 0.15) is 5.76 Å². The third kappa shape index (κ3) is 4.73. The van der Waals surface area contributed by atoms with Crippen molar-refractivity contribution in [1.82, 2.24) is 0 Å². The van der Waals surface area contributed by atoms with E-state index in [1.807, 2.05) is 12.1 Å². The molecule has 0 radical (unpaired) electrons. The van der Waals surface area contributed by atoms with Crippen molar-refractivity contribution >= 4 is 34.9 Å². The van der Waals surface area contributed by atoms with Gasteiger partial charge in [-0.2, -0.15) is 0 Å². The van der Waals surface area contributed by atoms with E-state index in [1.54, 1.807) is 42.5 Å². The number of rotatable bonds is 5. The van der Waals surface area contributed by atoms with E-state index in [-0.39, 0.29) is 5.76 Å². The van der Waals surface area contributed by atoms with Gasteiger partial charge in [-0.05, 0) is 54.6 Å². The van der Waals surface area contributed by atoms with Crippen LogP contribution in [0, 0.1) is 0 Å². The molecule has 4 rings (SSSR count). The fourth-order valence-corrected chi connectivity index (χ4v) is 3.50. The number of esters is 1. The lowest BCUT2D eigenvalue weighted by molar-refractivity contribution is 0.0600. The Morgan fingerprint density at radius 1 is 1.03 bits per heavy atom. The van der Waals surface area contributed by atoms with Crippen LogP contribution >= 0.6 is 11.6 Å². The van der Waals surface area contributed by atoms with E-state index in [9.17, 15) is 9.59 Å². The van der Waals surface area contributed by atoms with Crippen LogP contribution in [0.1, 0.15) is 20.9 Å². The number of nitrogens with one attached hydrogen (secondary N) is 1. The van der Waals surface area contributed by atoms with Gasteiger partial charge >= 0.3 is 5.97 Å². The van der Waals surface area contributed by atoms with Gasteiger partial charge in [0, 0.05) is 23.7 Å². The topological polar surface area (TPSA) is 81.0 Å². The molecule has 160 valence electrons. The molecular formula is C23H21ClN2O5. The van der Waals surface area contributed by atoms with E-state index >= 15 is 0 Å². The molecule has 1 aliphatic heterocycles. The number of hydrogen-bond acceptors (Lipinski definition) is 6. The Kier molecular flexibility index (Phi) is 6.25. The third-order valence-corrected chi connectivity index (χ3v) is 5.23. The van der Waals surface area contributed by atoms with Crippen LogP contribution < -0.4 is 10.2 Å². The first kappa shape index (κ1) is 21.0. The Bertz CT molecular complexity index is 1090. The quantitative estimate of drug-likeness (QED) is 0.589. The zero-order chi connectivity index (χ0) is 21.8. The number of halogens is 1. The summed E-state index contributed by atoms with van der Waals surface area (Å²) in [6.07, 6.45) is 0. The van der Waals surface area contributed by atoms with Crippen LogP contribution in [0.5, 0.6) is 0 Å². The number of methoxy groups -OCH3 is 1. The van der Waals surface area contributed by atoms with Crippen LogP contribution in [-0.4, -0.2) is 45.3 Å². The first-order chi connectivity index (χ1) is 15.0. The largest absolute Gasteiger partial charge is 0.465 e. The summed E-state index contributed by atoms with van der Waals surface area (Å²) in [7, 11) is 1.32. The van der Waals surface area contributed by atoms with Gasteiger partial charge in [0.15, 0.2) is 5.76 Å². The lowest BCUT2D eigenvalue weighted by Crippen LogP contribution is -2.36. The highest BCUT2D eigenvalue weighted by Crippen LogP contribution is 2.30. The van der Waals surface area contributed by atoms with Gasteiger partial charge in [0.05, 0.1) is 37.3 Å². The highest BCUT2D eigenvalue weighted by molar-refractivity contribution is 6.30. The second-order valence-electron chi connectivity index (χ2n) is 6.95. The summed E-state index contributed by atoms with van der Waals surface area (Å²) in [6.45, 7) is 2.55. The molecule has 0 unspecified atom stereocenters. The number of hydrogen-bond donors (Lipinski definition) is 1. The number of ether oxygens (including phenoxy) is 2. The molecule has 1 aromatic heterocycles. The summed E-state index contributed by atoms with van der Waals surface area (Å²) in [5, 5.41) is 3.49. The van der Waals surface area contributed by atoms with E-state index < -0.39 is 11.9 Å². The van der Waals surface area contributed by atoms with Crippen molar-refractivity contribution < 1.29 is 23.5 Å². The highest BCUT2D eigenvalue weighted by atomic mass is 35.5. The molecular weight excluding hydrogens is 420 g/mol. The average molecular weight is 441 g/mol. The molecule has 0 aliphatic carbocycles. The van der Waals surface area contributed by atoms with Gasteiger partial charge in [-0.25, -0.2) is 4.79 Å². The SMILES string of the molecule is COC(=O)c1ccc(N2CCOCC2)c(NC(=O)c2ccc(-c3ccc(Cl)cc3)o2)c1. The molecule has 2 heterocycles. The van der Waals surface area contributed by atoms with E-state index in [0.29, 0.717) is 48.3 Å². The van der Waals surface area contributed by atoms with Crippen LogP contribution in [0.25, 0.3) is 11.3 Å². The second kappa shape index (κ2) is 9.24. The van der Waals surface area contributed by atoms with E-state index in [4.69, 9.17) is 25.5 Å². The minimum absolute atomic E-state index is 0.154. The van der Waals surface area contributed by atoms with Gasteiger partial charge in [0.25, 0.3) is 5.91 Å². The Morgan fingerprint density at radius 3 is 2.48 bits per heavy atom. The maximum atomic E-state index is 12.9. The van der Waals surface area contributed by atoms with Crippen molar-refractivity contribution in [1.29, 1.82) is 0 Å². The van der Waals surface area contributed by atoms with E-state index in [2.05, 4.69) is 10.2 Å². The lowest BCUT2D eigenvalue weighted by atomic mass is 10.1. The maximum absolute atomic E-state index is 12.9. The summed E-state index contributed by atoms with van der Waals surface area (Å²) in [5.41, 5.74) is 2.45. The molecule has 1 fully saturated rings. The zero-order valence-corrected chi connectivity index (χ0v) is 17.6. The van der Waals surface area contributed by atoms with Gasteiger partial charge in [-0.3, -0.25) is 4.79 Å². The van der Waals surface area contributed by atoms with Crippen LogP contribution in [-0.2, 0) is 9.47 Å². The number of anilines is 2. The molecule has 0 atom stereocenters. The number of carbonyl (C=O) groups is 2. The molecule has 1 amide bonds. The van der Waals surface area contributed by atoms with Crippen LogP contribution in [0.2, 0.25) is 5.02 Å². The molecule has 1 saturated heterocycles. The Balaban J connectivity index is 1.60. The van der Waals surface area contributed by atoms with Gasteiger partial charge in [0.2, 0.25) is 0 Å². The third-order valence-electron chi connectivity index (χ3n) is 4.98. The minimum Gasteiger partial charge on any atom is -0.465 e. The number of amides is 1. The normalized spacial score (nSPS) is 13.7. The van der Waals surface area contributed by atoms with E-state index in [0.717, 1.165) is 11.3 Å². The van der Waals surface area contributed by atoms with Crippen molar-refractivity contribution in [2.24, 2.45) is 0 Å². The van der Waals surface area contributed by atoms with Crippen molar-refractivity contribution in [3.8, 4) is 11.3 Å². The van der Waals surface area contributed by atoms with Crippen molar-refractivity contribution in [3.05, 3.63) is 70.9 Å². The van der Waals surface area contributed by atoms with Gasteiger partial charge in [-0.1, -0.05) is 11.6 Å². The summed E-state index contributed by atoms with van der Waals surface area (Å²) >= 11 is 5.93. The van der Waals surface area contributed by atoms with E-state index in [1.165, 1.54) is 7.11 Å². The Labute approximate surface area is 184 Å². The number of benzene rings is 2. The van der Waals surface area contributed by atoms with Crippen LogP contribution in [0.15, 0.2) is 59.0 Å². The molecule has 1 aliphatic rings. The van der Waals surface area contributed by atoms with Crippen LogP contribution in [0.4, 0.5) is 11.4 Å². The molecule has 3 aromatic rings. The van der Waals surface area contributed by atoms with Gasteiger partial charge < -0.3 is 24.1 Å². The zero-order valence-electron chi connectivity index (χ0n) is 16.9. The van der Waals surface area contributed by atoms with Crippen molar-refractivity contribution in [3.63, 3.8) is 0 Å². The molecule has 0 saturated carbocycles. The number of morpholine rings is 1. The molecule has 0 spiro atoms. The maximum Gasteiger partial charge on any atom is 0.337 e. The molecule has 1 N–H and O–H groups in total. The summed E-state index contributed by atoms with van der Waals surface area (Å²) < 4.78 is 16.0. The fraction of sp³-hybridized carbons (Fsp3) is 0.217. The highest BCUT2D eigenvalue weighted by Gasteiger charge is 2.20. The summed E-state index contributed by atoms with van der Waals surface area (Å²) in [4.78, 5) is 27.0. The fourth-order valence-electron chi connectivity index (χ4n) is 3.37. The smallest absolute Gasteiger partial charge is 0.337 e. The second-order valence-corrected chi connectivity index (χ2v) is 7.38. The molecule has 8 heteroatoms. The van der Waals surface area contributed by atoms with Crippen molar-refractivity contribution in [2.75, 3.05) is 43.6 Å².